The number of anilines is 2. The molecule has 3 aromatic rings. The van der Waals surface area contributed by atoms with Gasteiger partial charge in [0.25, 0.3) is 5.91 Å². The van der Waals surface area contributed by atoms with Crippen LogP contribution in [0.25, 0.3) is 0 Å². The molecule has 33 heavy (non-hydrogen) atoms. The van der Waals surface area contributed by atoms with Crippen LogP contribution in [0, 0.1) is 25.6 Å². The van der Waals surface area contributed by atoms with E-state index in [-0.39, 0.29) is 18.0 Å². The van der Waals surface area contributed by atoms with Crippen LogP contribution in [-0.4, -0.2) is 34.3 Å². The smallest absolute Gasteiger partial charge is 0.256 e. The van der Waals surface area contributed by atoms with E-state index in [1.807, 2.05) is 36.2 Å². The van der Waals surface area contributed by atoms with Crippen LogP contribution in [-0.2, 0) is 4.79 Å². The molecule has 1 aromatic heterocycles. The zero-order chi connectivity index (χ0) is 23.1. The van der Waals surface area contributed by atoms with Crippen molar-refractivity contribution >= 4 is 23.3 Å². The third-order valence-corrected chi connectivity index (χ3v) is 5.85. The first kappa shape index (κ1) is 21.1. The van der Waals surface area contributed by atoms with Crippen molar-refractivity contribution in [3.05, 3.63) is 77.2 Å². The van der Waals surface area contributed by atoms with Crippen molar-refractivity contribution in [3.63, 3.8) is 0 Å². The minimum atomic E-state index is -0.677. The van der Waals surface area contributed by atoms with E-state index < -0.39 is 18.0 Å². The van der Waals surface area contributed by atoms with Crippen LogP contribution < -0.4 is 26.4 Å². The lowest BCUT2D eigenvalue weighted by Crippen LogP contribution is -2.61. The number of aromatic nitrogens is 2. The van der Waals surface area contributed by atoms with E-state index in [1.54, 1.807) is 13.0 Å². The molecule has 0 radical (unpaired) electrons. The molecule has 170 valence electrons. The Hall–Kier alpha value is -3.76. The molecule has 0 bridgehead atoms. The summed E-state index contributed by atoms with van der Waals surface area (Å²) in [6.45, 7) is 4.32. The first-order valence-electron chi connectivity index (χ1n) is 10.7. The number of carbonyl (C=O) groups excluding carboxylic acids is 2. The van der Waals surface area contributed by atoms with Gasteiger partial charge in [-0.05, 0) is 50.2 Å². The highest BCUT2D eigenvalue weighted by Gasteiger charge is 2.45. The average Bonchev–Trinajstić information content (AvgIpc) is 3.38. The van der Waals surface area contributed by atoms with E-state index in [9.17, 15) is 14.0 Å². The van der Waals surface area contributed by atoms with Crippen molar-refractivity contribution in [2.24, 2.45) is 5.92 Å². The lowest BCUT2D eigenvalue weighted by molar-refractivity contribution is -0.129. The molecule has 2 aromatic carbocycles. The molecule has 0 spiro atoms. The number of benzene rings is 2. The Bertz CT molecular complexity index is 1190. The van der Waals surface area contributed by atoms with Gasteiger partial charge < -0.3 is 10.6 Å². The molecule has 9 nitrogen and oxygen atoms in total. The highest BCUT2D eigenvalue weighted by atomic mass is 19.1. The molecule has 2 saturated heterocycles. The van der Waals surface area contributed by atoms with E-state index in [4.69, 9.17) is 0 Å². The molecule has 2 amide bonds. The van der Waals surface area contributed by atoms with E-state index >= 15 is 0 Å². The summed E-state index contributed by atoms with van der Waals surface area (Å²) in [6, 6.07) is 15.0. The maximum absolute atomic E-state index is 13.2. The largest absolute Gasteiger partial charge is 0.321 e. The number of amides is 2. The average molecular weight is 449 g/mol. The standard InChI is InChI=1S/C23H24FN7O2/c1-13-3-9-17(10-4-13)30-20-18(12-25-30)22(33)28-23(27-20)31-19(11-14(2)29-31)26-21(32)15-5-7-16(24)8-6-15/h3-11,18,20,23,25,27H,12H2,1-2H3,(H,26,32)(H,28,33). The van der Waals surface area contributed by atoms with Crippen LogP contribution in [0.3, 0.4) is 0 Å². The molecule has 3 unspecified atom stereocenters. The van der Waals surface area contributed by atoms with Gasteiger partial charge in [-0.1, -0.05) is 17.7 Å². The highest BCUT2D eigenvalue weighted by Crippen LogP contribution is 2.28. The number of hydrazine groups is 1. The van der Waals surface area contributed by atoms with Crippen LogP contribution >= 0.6 is 0 Å². The maximum atomic E-state index is 13.2. The Morgan fingerprint density at radius 3 is 2.58 bits per heavy atom. The second-order valence-electron chi connectivity index (χ2n) is 8.27. The maximum Gasteiger partial charge on any atom is 0.256 e. The minimum absolute atomic E-state index is 0.116. The molecular weight excluding hydrogens is 425 g/mol. The van der Waals surface area contributed by atoms with Crippen LogP contribution in [0.15, 0.2) is 54.6 Å². The normalized spacial score (nSPS) is 22.1. The third-order valence-electron chi connectivity index (χ3n) is 5.85. The van der Waals surface area contributed by atoms with Crippen molar-refractivity contribution in [1.82, 2.24) is 25.8 Å². The topological polar surface area (TPSA) is 103 Å². The monoisotopic (exact) mass is 449 g/mol. The molecule has 0 saturated carbocycles. The van der Waals surface area contributed by atoms with Gasteiger partial charge in [0.2, 0.25) is 5.91 Å². The van der Waals surface area contributed by atoms with Crippen LogP contribution in [0.1, 0.15) is 27.9 Å². The number of nitrogens with one attached hydrogen (secondary N) is 4. The van der Waals surface area contributed by atoms with E-state index in [2.05, 4.69) is 26.5 Å². The summed E-state index contributed by atoms with van der Waals surface area (Å²) in [4.78, 5) is 25.6. The fraction of sp³-hybridized carbons (Fsp3) is 0.261. The number of halogens is 1. The van der Waals surface area contributed by atoms with E-state index in [0.717, 1.165) is 11.3 Å². The number of carbonyl (C=O) groups is 2. The molecule has 3 heterocycles. The van der Waals surface area contributed by atoms with Gasteiger partial charge in [-0.15, -0.1) is 0 Å². The van der Waals surface area contributed by atoms with Gasteiger partial charge in [0.1, 0.15) is 17.8 Å². The van der Waals surface area contributed by atoms with Crippen LogP contribution in [0.2, 0.25) is 0 Å². The summed E-state index contributed by atoms with van der Waals surface area (Å²) >= 11 is 0. The third kappa shape index (κ3) is 4.06. The Morgan fingerprint density at radius 2 is 1.85 bits per heavy atom. The number of hydrogen-bond donors (Lipinski definition) is 4. The van der Waals surface area contributed by atoms with Gasteiger partial charge in [-0.3, -0.25) is 19.9 Å². The highest BCUT2D eigenvalue weighted by molar-refractivity contribution is 6.03. The Balaban J connectivity index is 1.39. The van der Waals surface area contributed by atoms with Gasteiger partial charge in [0.05, 0.1) is 17.3 Å². The van der Waals surface area contributed by atoms with Crippen molar-refractivity contribution in [2.75, 3.05) is 16.9 Å². The molecule has 2 aliphatic heterocycles. The summed E-state index contributed by atoms with van der Waals surface area (Å²) in [5.41, 5.74) is 6.37. The van der Waals surface area contributed by atoms with Gasteiger partial charge in [0, 0.05) is 18.2 Å². The summed E-state index contributed by atoms with van der Waals surface area (Å²) < 4.78 is 14.7. The number of nitrogens with zero attached hydrogens (tertiary/aromatic N) is 3. The van der Waals surface area contributed by atoms with Gasteiger partial charge in [-0.2, -0.15) is 5.10 Å². The molecule has 0 aliphatic carbocycles. The number of fused-ring (bicyclic) bond motifs is 1. The van der Waals surface area contributed by atoms with Crippen LogP contribution in [0.5, 0.6) is 0 Å². The molecule has 2 fully saturated rings. The second kappa shape index (κ2) is 8.30. The number of rotatable bonds is 4. The quantitative estimate of drug-likeness (QED) is 0.486. The van der Waals surface area contributed by atoms with Crippen molar-refractivity contribution in [1.29, 1.82) is 0 Å². The fourth-order valence-electron chi connectivity index (χ4n) is 4.14. The van der Waals surface area contributed by atoms with Crippen molar-refractivity contribution in [2.45, 2.75) is 26.3 Å². The fourth-order valence-corrected chi connectivity index (χ4v) is 4.14. The first-order valence-corrected chi connectivity index (χ1v) is 10.7. The Kier molecular flexibility index (Phi) is 5.31. The lowest BCUT2D eigenvalue weighted by atomic mass is 10.0. The van der Waals surface area contributed by atoms with E-state index in [1.165, 1.54) is 28.9 Å². The minimum Gasteiger partial charge on any atom is -0.321 e. The Labute approximate surface area is 189 Å². The van der Waals surface area contributed by atoms with Crippen LogP contribution in [0.4, 0.5) is 15.9 Å². The zero-order valence-corrected chi connectivity index (χ0v) is 18.2. The predicted molar refractivity (Wildman–Crippen MR) is 121 cm³/mol. The summed E-state index contributed by atoms with van der Waals surface area (Å²) in [5.74, 6) is -0.823. The molecule has 2 aliphatic rings. The number of hydrogen-bond acceptors (Lipinski definition) is 6. The number of aryl methyl sites for hydroxylation is 2. The van der Waals surface area contributed by atoms with E-state index in [0.29, 0.717) is 23.6 Å². The molecule has 4 N–H and O–H groups in total. The summed E-state index contributed by atoms with van der Waals surface area (Å²) in [6.07, 6.45) is -0.986. The van der Waals surface area contributed by atoms with Gasteiger partial charge >= 0.3 is 0 Å². The lowest BCUT2D eigenvalue weighted by Gasteiger charge is -2.37. The van der Waals surface area contributed by atoms with Gasteiger partial charge in [-0.25, -0.2) is 14.5 Å². The second-order valence-corrected chi connectivity index (χ2v) is 8.27. The van der Waals surface area contributed by atoms with Gasteiger partial charge in [0.15, 0.2) is 6.29 Å². The molecular formula is C23H24FN7O2. The molecule has 10 heteroatoms. The molecule has 5 rings (SSSR count). The van der Waals surface area contributed by atoms with Crippen molar-refractivity contribution in [3.8, 4) is 0 Å². The molecule has 3 atom stereocenters. The SMILES string of the molecule is Cc1ccc(N2NCC3C(=O)NC(n4nc(C)cc4NC(=O)c4ccc(F)cc4)NC32)cc1. The predicted octanol–water partition coefficient (Wildman–Crippen LogP) is 2.03. The first-order chi connectivity index (χ1) is 15.9. The zero-order valence-electron chi connectivity index (χ0n) is 18.2. The Morgan fingerprint density at radius 1 is 1.12 bits per heavy atom. The summed E-state index contributed by atoms with van der Waals surface area (Å²) in [5, 5.41) is 15.6. The van der Waals surface area contributed by atoms with Crippen molar-refractivity contribution < 1.29 is 14.0 Å². The summed E-state index contributed by atoms with van der Waals surface area (Å²) in [7, 11) is 0.